The third-order valence-corrected chi connectivity index (χ3v) is 3.61. The summed E-state index contributed by atoms with van der Waals surface area (Å²) in [5, 5.41) is 6.82. The average Bonchev–Trinajstić information content (AvgIpc) is 2.43. The highest BCUT2D eigenvalue weighted by molar-refractivity contribution is 7.90. The van der Waals surface area contributed by atoms with Gasteiger partial charge in [-0.2, -0.15) is 5.10 Å². The summed E-state index contributed by atoms with van der Waals surface area (Å²) in [6.07, 6.45) is 1.22. The van der Waals surface area contributed by atoms with E-state index in [1.54, 1.807) is 4.57 Å². The van der Waals surface area contributed by atoms with E-state index in [1.165, 1.54) is 6.26 Å². The molecule has 1 heterocycles. The third kappa shape index (κ3) is 3.15. The summed E-state index contributed by atoms with van der Waals surface area (Å²) in [7, 11) is -3.02. The lowest BCUT2D eigenvalue weighted by Gasteiger charge is -2.15. The summed E-state index contributed by atoms with van der Waals surface area (Å²) in [5.41, 5.74) is 0. The second-order valence-electron chi connectivity index (χ2n) is 4.35. The number of sulfone groups is 1. The van der Waals surface area contributed by atoms with Gasteiger partial charge in [0, 0.05) is 18.2 Å². The first-order chi connectivity index (χ1) is 7.22. The van der Waals surface area contributed by atoms with Crippen LogP contribution in [0.15, 0.2) is 0 Å². The SMILES string of the molecule is CC(C)c1n[nH]c(=S)n1C(C)CS(C)(=O)=O. The number of hydrogen-bond donors (Lipinski definition) is 1. The van der Waals surface area contributed by atoms with Crippen molar-refractivity contribution in [1.29, 1.82) is 0 Å². The minimum atomic E-state index is -3.02. The fourth-order valence-electron chi connectivity index (χ4n) is 1.66. The Kier molecular flexibility index (Phi) is 3.90. The molecule has 1 N–H and O–H groups in total. The van der Waals surface area contributed by atoms with Crippen molar-refractivity contribution in [3.63, 3.8) is 0 Å². The van der Waals surface area contributed by atoms with Crippen LogP contribution >= 0.6 is 12.2 Å². The van der Waals surface area contributed by atoms with Gasteiger partial charge in [-0.05, 0) is 19.1 Å². The second kappa shape index (κ2) is 4.67. The molecule has 5 nitrogen and oxygen atoms in total. The molecule has 0 saturated heterocycles. The molecular weight excluding hydrogens is 246 g/mol. The van der Waals surface area contributed by atoms with Gasteiger partial charge in [-0.25, -0.2) is 8.42 Å². The van der Waals surface area contributed by atoms with Crippen LogP contribution in [0.25, 0.3) is 0 Å². The molecule has 1 aromatic rings. The quantitative estimate of drug-likeness (QED) is 0.839. The molecular formula is C9H17N3O2S2. The van der Waals surface area contributed by atoms with Crippen LogP contribution in [0.4, 0.5) is 0 Å². The van der Waals surface area contributed by atoms with Gasteiger partial charge in [-0.3, -0.25) is 5.10 Å². The van der Waals surface area contributed by atoms with Crippen LogP contribution in [0.1, 0.15) is 38.6 Å². The van der Waals surface area contributed by atoms with E-state index in [9.17, 15) is 8.42 Å². The minimum Gasteiger partial charge on any atom is -0.300 e. The van der Waals surface area contributed by atoms with E-state index in [0.29, 0.717) is 4.77 Å². The average molecular weight is 263 g/mol. The summed E-state index contributed by atoms with van der Waals surface area (Å²) < 4.78 is 24.8. The molecule has 1 atom stereocenters. The van der Waals surface area contributed by atoms with Crippen LogP contribution in [-0.4, -0.2) is 35.2 Å². The van der Waals surface area contributed by atoms with Gasteiger partial charge in [0.25, 0.3) is 0 Å². The van der Waals surface area contributed by atoms with Crippen LogP contribution in [0.3, 0.4) is 0 Å². The Balaban J connectivity index is 3.12. The molecule has 1 aromatic heterocycles. The van der Waals surface area contributed by atoms with E-state index >= 15 is 0 Å². The van der Waals surface area contributed by atoms with Crippen molar-refractivity contribution in [2.75, 3.05) is 12.0 Å². The number of rotatable bonds is 4. The summed E-state index contributed by atoms with van der Waals surface area (Å²) in [4.78, 5) is 0. The maximum Gasteiger partial charge on any atom is 0.195 e. The lowest BCUT2D eigenvalue weighted by Crippen LogP contribution is -2.19. The molecule has 1 rings (SSSR count). The van der Waals surface area contributed by atoms with Crippen LogP contribution < -0.4 is 0 Å². The van der Waals surface area contributed by atoms with Crippen LogP contribution in [0.5, 0.6) is 0 Å². The van der Waals surface area contributed by atoms with Gasteiger partial charge in [0.05, 0.1) is 5.75 Å². The Bertz CT molecular complexity index is 513. The standard InChI is InChI=1S/C9H17N3O2S2/c1-6(2)8-10-11-9(15)12(8)7(3)5-16(4,13)14/h6-7H,5H2,1-4H3,(H,11,15). The van der Waals surface area contributed by atoms with E-state index in [2.05, 4.69) is 10.2 Å². The predicted molar refractivity (Wildman–Crippen MR) is 65.9 cm³/mol. The lowest BCUT2D eigenvalue weighted by atomic mass is 10.2. The number of hydrogen-bond acceptors (Lipinski definition) is 4. The number of nitrogens with zero attached hydrogens (tertiary/aromatic N) is 2. The van der Waals surface area contributed by atoms with Crippen molar-refractivity contribution in [2.24, 2.45) is 0 Å². The number of aromatic nitrogens is 3. The molecule has 0 fully saturated rings. The first kappa shape index (κ1) is 13.4. The molecule has 7 heteroatoms. The molecule has 0 amide bonds. The molecule has 0 spiro atoms. The van der Waals surface area contributed by atoms with Crippen molar-refractivity contribution in [1.82, 2.24) is 14.8 Å². The Hall–Kier alpha value is -0.690. The lowest BCUT2D eigenvalue weighted by molar-refractivity contribution is 0.530. The first-order valence-electron chi connectivity index (χ1n) is 5.07. The van der Waals surface area contributed by atoms with E-state index in [0.717, 1.165) is 5.82 Å². The van der Waals surface area contributed by atoms with E-state index in [1.807, 2.05) is 20.8 Å². The Labute approximate surface area is 101 Å². The minimum absolute atomic E-state index is 0.0700. The Morgan fingerprint density at radius 3 is 2.44 bits per heavy atom. The smallest absolute Gasteiger partial charge is 0.195 e. The van der Waals surface area contributed by atoms with Crippen LogP contribution in [0, 0.1) is 4.77 Å². The monoisotopic (exact) mass is 263 g/mol. The van der Waals surface area contributed by atoms with Crippen LogP contribution in [0.2, 0.25) is 0 Å². The first-order valence-corrected chi connectivity index (χ1v) is 7.53. The second-order valence-corrected chi connectivity index (χ2v) is 6.92. The van der Waals surface area contributed by atoms with Gasteiger partial charge < -0.3 is 4.57 Å². The van der Waals surface area contributed by atoms with Crippen molar-refractivity contribution >= 4 is 22.1 Å². The molecule has 0 saturated carbocycles. The molecule has 0 aliphatic heterocycles. The van der Waals surface area contributed by atoms with Gasteiger partial charge in [-0.15, -0.1) is 0 Å². The zero-order chi connectivity index (χ0) is 12.5. The molecule has 0 aromatic carbocycles. The van der Waals surface area contributed by atoms with Crippen molar-refractivity contribution in [2.45, 2.75) is 32.7 Å². The van der Waals surface area contributed by atoms with E-state index in [4.69, 9.17) is 12.2 Å². The van der Waals surface area contributed by atoms with Crippen molar-refractivity contribution < 1.29 is 8.42 Å². The van der Waals surface area contributed by atoms with Crippen LogP contribution in [-0.2, 0) is 9.84 Å². The van der Waals surface area contributed by atoms with E-state index < -0.39 is 9.84 Å². The largest absolute Gasteiger partial charge is 0.300 e. The molecule has 16 heavy (non-hydrogen) atoms. The molecule has 0 radical (unpaired) electrons. The fraction of sp³-hybridized carbons (Fsp3) is 0.778. The Morgan fingerprint density at radius 2 is 2.00 bits per heavy atom. The maximum atomic E-state index is 11.3. The molecule has 0 aliphatic rings. The van der Waals surface area contributed by atoms with Gasteiger partial charge in [0.2, 0.25) is 0 Å². The zero-order valence-corrected chi connectivity index (χ0v) is 11.5. The highest BCUT2D eigenvalue weighted by Crippen LogP contribution is 2.18. The Morgan fingerprint density at radius 1 is 1.44 bits per heavy atom. The van der Waals surface area contributed by atoms with Gasteiger partial charge in [0.15, 0.2) is 4.77 Å². The fourth-order valence-corrected chi connectivity index (χ4v) is 3.01. The van der Waals surface area contributed by atoms with Gasteiger partial charge >= 0.3 is 0 Å². The highest BCUT2D eigenvalue weighted by atomic mass is 32.2. The molecule has 92 valence electrons. The topological polar surface area (TPSA) is 67.8 Å². The zero-order valence-electron chi connectivity index (χ0n) is 9.89. The highest BCUT2D eigenvalue weighted by Gasteiger charge is 2.18. The van der Waals surface area contributed by atoms with Gasteiger partial charge in [0.1, 0.15) is 15.7 Å². The number of nitrogens with one attached hydrogen (secondary N) is 1. The maximum absolute atomic E-state index is 11.3. The van der Waals surface area contributed by atoms with Crippen molar-refractivity contribution in [3.05, 3.63) is 10.6 Å². The number of H-pyrrole nitrogens is 1. The molecule has 1 unspecified atom stereocenters. The van der Waals surface area contributed by atoms with E-state index in [-0.39, 0.29) is 17.7 Å². The molecule has 0 bridgehead atoms. The van der Waals surface area contributed by atoms with Crippen molar-refractivity contribution in [3.8, 4) is 0 Å². The summed E-state index contributed by atoms with van der Waals surface area (Å²) in [6.45, 7) is 5.82. The summed E-state index contributed by atoms with van der Waals surface area (Å²) >= 11 is 5.11. The summed E-state index contributed by atoms with van der Waals surface area (Å²) in [5.74, 6) is 1.07. The van der Waals surface area contributed by atoms with Gasteiger partial charge in [-0.1, -0.05) is 13.8 Å². The molecule has 0 aliphatic carbocycles. The third-order valence-electron chi connectivity index (χ3n) is 2.23. The number of aromatic amines is 1. The summed E-state index contributed by atoms with van der Waals surface area (Å²) in [6, 6.07) is -0.196. The normalized spacial score (nSPS) is 14.3. The predicted octanol–water partition coefficient (Wildman–Crippen LogP) is 1.67.